The van der Waals surface area contributed by atoms with E-state index in [9.17, 15) is 9.59 Å². The molecule has 1 aromatic rings. The highest BCUT2D eigenvalue weighted by Crippen LogP contribution is 2.14. The fourth-order valence-corrected chi connectivity index (χ4v) is 2.13. The Bertz CT molecular complexity index is 496. The molecule has 0 unspecified atom stereocenters. The second kappa shape index (κ2) is 6.27. The molecule has 0 radical (unpaired) electrons. The summed E-state index contributed by atoms with van der Waals surface area (Å²) in [7, 11) is 1.36. The molecule has 0 aromatic heterocycles. The van der Waals surface area contributed by atoms with Crippen molar-refractivity contribution in [2.75, 3.05) is 38.6 Å². The first-order valence-corrected chi connectivity index (χ1v) is 6.56. The maximum absolute atomic E-state index is 12.1. The lowest BCUT2D eigenvalue weighted by Gasteiger charge is -2.33. The van der Waals surface area contributed by atoms with E-state index in [1.807, 2.05) is 31.2 Å². The molecule has 2 rings (SSSR count). The molecule has 0 atom stereocenters. The van der Waals surface area contributed by atoms with Crippen LogP contribution in [0.5, 0.6) is 0 Å². The second-order valence-corrected chi connectivity index (χ2v) is 4.69. The van der Waals surface area contributed by atoms with Crippen LogP contribution in [0.15, 0.2) is 24.3 Å². The number of piperazine rings is 1. The number of amides is 3. The lowest BCUT2D eigenvalue weighted by molar-refractivity contribution is 0.0992. The predicted molar refractivity (Wildman–Crippen MR) is 75.7 cm³/mol. The van der Waals surface area contributed by atoms with Crippen LogP contribution in [0.2, 0.25) is 0 Å². The third-order valence-corrected chi connectivity index (χ3v) is 3.39. The number of aryl methyl sites for hydroxylation is 1. The van der Waals surface area contributed by atoms with Crippen LogP contribution in [0.1, 0.15) is 5.56 Å². The van der Waals surface area contributed by atoms with Crippen LogP contribution in [0.25, 0.3) is 0 Å². The van der Waals surface area contributed by atoms with Gasteiger partial charge in [-0.25, -0.2) is 9.59 Å². The highest BCUT2D eigenvalue weighted by atomic mass is 16.5. The highest BCUT2D eigenvalue weighted by Gasteiger charge is 2.24. The Morgan fingerprint density at radius 1 is 1.10 bits per heavy atom. The van der Waals surface area contributed by atoms with Gasteiger partial charge in [-0.2, -0.15) is 0 Å². The van der Waals surface area contributed by atoms with E-state index >= 15 is 0 Å². The first-order valence-electron chi connectivity index (χ1n) is 6.56. The van der Waals surface area contributed by atoms with Crippen molar-refractivity contribution < 1.29 is 14.3 Å². The number of para-hydroxylation sites is 1. The third kappa shape index (κ3) is 3.20. The average molecular weight is 277 g/mol. The summed E-state index contributed by atoms with van der Waals surface area (Å²) in [5.41, 5.74) is 1.84. The van der Waals surface area contributed by atoms with E-state index in [1.54, 1.807) is 9.80 Å². The highest BCUT2D eigenvalue weighted by molar-refractivity contribution is 5.90. The molecule has 1 aliphatic heterocycles. The largest absolute Gasteiger partial charge is 0.453 e. The van der Waals surface area contributed by atoms with E-state index in [0.29, 0.717) is 26.2 Å². The zero-order valence-corrected chi connectivity index (χ0v) is 11.8. The van der Waals surface area contributed by atoms with Gasteiger partial charge in [0, 0.05) is 31.9 Å². The van der Waals surface area contributed by atoms with E-state index in [1.165, 1.54) is 7.11 Å². The van der Waals surface area contributed by atoms with Gasteiger partial charge in [-0.3, -0.25) is 0 Å². The van der Waals surface area contributed by atoms with Crippen molar-refractivity contribution in [1.82, 2.24) is 9.80 Å². The smallest absolute Gasteiger partial charge is 0.409 e. The Balaban J connectivity index is 1.89. The first kappa shape index (κ1) is 14.2. The lowest BCUT2D eigenvalue weighted by Crippen LogP contribution is -2.51. The number of benzene rings is 1. The number of anilines is 1. The molecule has 1 saturated heterocycles. The minimum Gasteiger partial charge on any atom is -0.453 e. The summed E-state index contributed by atoms with van der Waals surface area (Å²) < 4.78 is 4.66. The third-order valence-electron chi connectivity index (χ3n) is 3.39. The number of hydrogen-bond acceptors (Lipinski definition) is 3. The maximum atomic E-state index is 12.1. The normalized spacial score (nSPS) is 14.9. The Morgan fingerprint density at radius 3 is 2.30 bits per heavy atom. The van der Waals surface area contributed by atoms with Crippen molar-refractivity contribution >= 4 is 17.8 Å². The van der Waals surface area contributed by atoms with Gasteiger partial charge in [0.1, 0.15) is 0 Å². The molecule has 1 aliphatic rings. The fourth-order valence-electron chi connectivity index (χ4n) is 2.13. The Hall–Kier alpha value is -2.24. The zero-order valence-electron chi connectivity index (χ0n) is 11.8. The number of ether oxygens (including phenoxy) is 1. The van der Waals surface area contributed by atoms with Gasteiger partial charge in [-0.05, 0) is 18.6 Å². The summed E-state index contributed by atoms with van der Waals surface area (Å²) in [5.74, 6) is 0. The predicted octanol–water partition coefficient (Wildman–Crippen LogP) is 1.91. The number of nitrogens with one attached hydrogen (secondary N) is 1. The SMILES string of the molecule is COC(=O)N1CCN(C(=O)Nc2ccccc2C)CC1. The second-order valence-electron chi connectivity index (χ2n) is 4.69. The molecule has 20 heavy (non-hydrogen) atoms. The van der Waals surface area contributed by atoms with E-state index in [0.717, 1.165) is 11.3 Å². The summed E-state index contributed by atoms with van der Waals surface area (Å²) in [5, 5.41) is 2.89. The van der Waals surface area contributed by atoms with E-state index < -0.39 is 0 Å². The number of nitrogens with zero attached hydrogens (tertiary/aromatic N) is 2. The van der Waals surface area contributed by atoms with Gasteiger partial charge >= 0.3 is 12.1 Å². The van der Waals surface area contributed by atoms with Crippen LogP contribution in [0.3, 0.4) is 0 Å². The molecule has 1 aromatic carbocycles. The monoisotopic (exact) mass is 277 g/mol. The zero-order chi connectivity index (χ0) is 14.5. The molecule has 1 fully saturated rings. The van der Waals surface area contributed by atoms with Crippen molar-refractivity contribution in [2.24, 2.45) is 0 Å². The number of rotatable bonds is 1. The van der Waals surface area contributed by atoms with E-state index in [-0.39, 0.29) is 12.1 Å². The minimum atomic E-state index is -0.344. The van der Waals surface area contributed by atoms with Crippen LogP contribution in [0.4, 0.5) is 15.3 Å². The fraction of sp³-hybridized carbons (Fsp3) is 0.429. The molecule has 0 saturated carbocycles. The van der Waals surface area contributed by atoms with E-state index in [2.05, 4.69) is 10.1 Å². The van der Waals surface area contributed by atoms with Gasteiger partial charge in [0.25, 0.3) is 0 Å². The molecule has 3 amide bonds. The summed E-state index contributed by atoms with van der Waals surface area (Å²) in [6.45, 7) is 3.95. The number of carbonyl (C=O) groups is 2. The Kier molecular flexibility index (Phi) is 4.45. The summed E-state index contributed by atoms with van der Waals surface area (Å²) in [6, 6.07) is 7.50. The minimum absolute atomic E-state index is 0.135. The molecule has 1 heterocycles. The number of urea groups is 1. The Labute approximate surface area is 118 Å². The summed E-state index contributed by atoms with van der Waals surface area (Å²) in [6.07, 6.45) is -0.344. The quantitative estimate of drug-likeness (QED) is 0.853. The van der Waals surface area contributed by atoms with Gasteiger partial charge in [-0.15, -0.1) is 0 Å². The topological polar surface area (TPSA) is 61.9 Å². The Morgan fingerprint density at radius 2 is 1.70 bits per heavy atom. The summed E-state index contributed by atoms with van der Waals surface area (Å²) in [4.78, 5) is 26.8. The molecule has 6 nitrogen and oxygen atoms in total. The van der Waals surface area contributed by atoms with Crippen molar-refractivity contribution in [2.45, 2.75) is 6.92 Å². The van der Waals surface area contributed by atoms with Gasteiger partial charge in [0.05, 0.1) is 7.11 Å². The standard InChI is InChI=1S/C14H19N3O3/c1-11-5-3-4-6-12(11)15-13(18)16-7-9-17(10-8-16)14(19)20-2/h3-6H,7-10H2,1-2H3,(H,15,18). The molecule has 0 spiro atoms. The van der Waals surface area contributed by atoms with Crippen LogP contribution < -0.4 is 5.32 Å². The van der Waals surface area contributed by atoms with E-state index in [4.69, 9.17) is 0 Å². The van der Waals surface area contributed by atoms with Gasteiger partial charge in [0.2, 0.25) is 0 Å². The van der Waals surface area contributed by atoms with Crippen molar-refractivity contribution in [3.05, 3.63) is 29.8 Å². The van der Waals surface area contributed by atoms with Crippen LogP contribution in [-0.4, -0.2) is 55.2 Å². The lowest BCUT2D eigenvalue weighted by atomic mass is 10.2. The molecular formula is C14H19N3O3. The first-order chi connectivity index (χ1) is 9.61. The van der Waals surface area contributed by atoms with Gasteiger partial charge < -0.3 is 19.9 Å². The summed E-state index contributed by atoms with van der Waals surface area (Å²) >= 11 is 0. The van der Waals surface area contributed by atoms with Crippen LogP contribution in [0, 0.1) is 6.92 Å². The molecule has 108 valence electrons. The molecular weight excluding hydrogens is 258 g/mol. The molecule has 0 bridgehead atoms. The molecule has 6 heteroatoms. The molecule has 1 N–H and O–H groups in total. The van der Waals surface area contributed by atoms with Crippen LogP contribution in [-0.2, 0) is 4.74 Å². The maximum Gasteiger partial charge on any atom is 0.409 e. The number of hydrogen-bond donors (Lipinski definition) is 1. The van der Waals surface area contributed by atoms with Gasteiger partial charge in [-0.1, -0.05) is 18.2 Å². The average Bonchev–Trinajstić information content (AvgIpc) is 2.49. The number of methoxy groups -OCH3 is 1. The van der Waals surface area contributed by atoms with Gasteiger partial charge in [0.15, 0.2) is 0 Å². The number of carbonyl (C=O) groups excluding carboxylic acids is 2. The van der Waals surface area contributed by atoms with Crippen molar-refractivity contribution in [3.63, 3.8) is 0 Å². The van der Waals surface area contributed by atoms with Crippen LogP contribution >= 0.6 is 0 Å². The van der Waals surface area contributed by atoms with Crippen molar-refractivity contribution in [1.29, 1.82) is 0 Å². The molecule has 0 aliphatic carbocycles. The van der Waals surface area contributed by atoms with Crippen molar-refractivity contribution in [3.8, 4) is 0 Å².